The standard InChI is InChI=1S/C12H9NO5S/c1-18-12(17)9(14)6-19-13-10(15)7-4-2-3-5-8(7)11(13)16/h2-5H,6H2,1H3. The van der Waals surface area contributed by atoms with Gasteiger partial charge in [0.1, 0.15) is 0 Å². The molecule has 0 unspecified atom stereocenters. The van der Waals surface area contributed by atoms with Crippen molar-refractivity contribution in [2.45, 2.75) is 0 Å². The minimum Gasteiger partial charge on any atom is -0.463 e. The van der Waals surface area contributed by atoms with Crippen molar-refractivity contribution in [1.29, 1.82) is 0 Å². The number of esters is 1. The SMILES string of the molecule is COC(=O)C(=O)CSN1C(=O)c2ccccc2C1=O. The van der Waals surface area contributed by atoms with Crippen LogP contribution in [0.2, 0.25) is 0 Å². The lowest BCUT2D eigenvalue weighted by Crippen LogP contribution is -2.26. The average molecular weight is 279 g/mol. The molecular weight excluding hydrogens is 270 g/mol. The zero-order chi connectivity index (χ0) is 14.0. The van der Waals surface area contributed by atoms with E-state index < -0.39 is 23.6 Å². The first-order valence-corrected chi connectivity index (χ1v) is 6.22. The smallest absolute Gasteiger partial charge is 0.375 e. The number of imide groups is 1. The van der Waals surface area contributed by atoms with E-state index in [-0.39, 0.29) is 5.75 Å². The van der Waals surface area contributed by atoms with E-state index >= 15 is 0 Å². The molecule has 0 atom stereocenters. The van der Waals surface area contributed by atoms with E-state index in [2.05, 4.69) is 4.74 Å². The van der Waals surface area contributed by atoms with Crippen LogP contribution in [-0.2, 0) is 14.3 Å². The van der Waals surface area contributed by atoms with Crippen molar-refractivity contribution >= 4 is 35.5 Å². The molecule has 0 aliphatic carbocycles. The number of fused-ring (bicyclic) bond motifs is 1. The third kappa shape index (κ3) is 2.37. The Hall–Kier alpha value is -2.15. The molecule has 0 radical (unpaired) electrons. The first-order chi connectivity index (χ1) is 9.06. The van der Waals surface area contributed by atoms with Gasteiger partial charge in [0.2, 0.25) is 0 Å². The summed E-state index contributed by atoms with van der Waals surface area (Å²) in [7, 11) is 1.09. The molecule has 19 heavy (non-hydrogen) atoms. The normalized spacial score (nSPS) is 13.4. The molecule has 1 heterocycles. The number of nitrogens with zero attached hydrogens (tertiary/aromatic N) is 1. The predicted octanol–water partition coefficient (Wildman–Crippen LogP) is 0.673. The lowest BCUT2D eigenvalue weighted by atomic mass is 10.1. The third-order valence-electron chi connectivity index (χ3n) is 2.49. The number of ether oxygens (including phenoxy) is 1. The fourth-order valence-corrected chi connectivity index (χ4v) is 2.38. The Morgan fingerprint density at radius 3 is 2.16 bits per heavy atom. The molecule has 6 nitrogen and oxygen atoms in total. The number of hydrogen-bond donors (Lipinski definition) is 0. The Morgan fingerprint density at radius 2 is 1.68 bits per heavy atom. The first kappa shape index (κ1) is 13.3. The lowest BCUT2D eigenvalue weighted by molar-refractivity contribution is -0.150. The van der Waals surface area contributed by atoms with Crippen LogP contribution < -0.4 is 0 Å². The molecule has 0 fully saturated rings. The van der Waals surface area contributed by atoms with Crippen molar-refractivity contribution in [2.24, 2.45) is 0 Å². The highest BCUT2D eigenvalue weighted by Gasteiger charge is 2.36. The van der Waals surface area contributed by atoms with Crippen LogP contribution in [0.1, 0.15) is 20.7 Å². The quantitative estimate of drug-likeness (QED) is 0.349. The van der Waals surface area contributed by atoms with Crippen LogP contribution >= 0.6 is 11.9 Å². The number of hydrogen-bond acceptors (Lipinski definition) is 6. The number of benzene rings is 1. The summed E-state index contributed by atoms with van der Waals surface area (Å²) in [6, 6.07) is 6.38. The highest BCUT2D eigenvalue weighted by atomic mass is 32.2. The molecule has 2 rings (SSSR count). The Bertz CT molecular complexity index is 548. The second-order valence-corrected chi connectivity index (χ2v) is 4.55. The summed E-state index contributed by atoms with van der Waals surface area (Å²) in [4.78, 5) is 46.0. The van der Waals surface area contributed by atoms with Gasteiger partial charge in [-0.3, -0.25) is 14.4 Å². The molecule has 98 valence electrons. The molecule has 1 aliphatic heterocycles. The van der Waals surface area contributed by atoms with Gasteiger partial charge in [-0.15, -0.1) is 0 Å². The van der Waals surface area contributed by atoms with Gasteiger partial charge in [-0.1, -0.05) is 12.1 Å². The number of carbonyl (C=O) groups excluding carboxylic acids is 4. The van der Waals surface area contributed by atoms with Crippen LogP contribution in [0, 0.1) is 0 Å². The van der Waals surface area contributed by atoms with Crippen LogP contribution in [0.3, 0.4) is 0 Å². The van der Waals surface area contributed by atoms with E-state index in [0.29, 0.717) is 23.1 Å². The molecular formula is C12H9NO5S. The van der Waals surface area contributed by atoms with Crippen LogP contribution in [0.15, 0.2) is 24.3 Å². The van der Waals surface area contributed by atoms with E-state index in [9.17, 15) is 19.2 Å². The van der Waals surface area contributed by atoms with Gasteiger partial charge in [0.15, 0.2) is 0 Å². The third-order valence-corrected chi connectivity index (χ3v) is 3.48. The number of Topliss-reactive ketones (excluding diaryl/α,β-unsaturated/α-hetero) is 1. The van der Waals surface area contributed by atoms with Crippen molar-refractivity contribution in [1.82, 2.24) is 4.31 Å². The summed E-state index contributed by atoms with van der Waals surface area (Å²) < 4.78 is 5.13. The zero-order valence-electron chi connectivity index (χ0n) is 9.91. The fraction of sp³-hybridized carbons (Fsp3) is 0.167. The van der Waals surface area contributed by atoms with E-state index in [0.717, 1.165) is 11.4 Å². The molecule has 0 saturated heterocycles. The van der Waals surface area contributed by atoms with Crippen LogP contribution in [-0.4, -0.2) is 40.7 Å². The van der Waals surface area contributed by atoms with Gasteiger partial charge in [0.25, 0.3) is 17.6 Å². The van der Waals surface area contributed by atoms with E-state index in [1.165, 1.54) is 12.1 Å². The van der Waals surface area contributed by atoms with Gasteiger partial charge < -0.3 is 4.74 Å². The highest BCUT2D eigenvalue weighted by Crippen LogP contribution is 2.28. The van der Waals surface area contributed by atoms with Gasteiger partial charge >= 0.3 is 5.97 Å². The average Bonchev–Trinajstić information content (AvgIpc) is 2.68. The molecule has 1 aromatic carbocycles. The number of rotatable bonds is 4. The molecule has 7 heteroatoms. The molecule has 1 aromatic rings. The van der Waals surface area contributed by atoms with Gasteiger partial charge in [0.05, 0.1) is 24.0 Å². The Kier molecular flexibility index (Phi) is 3.66. The first-order valence-electron chi connectivity index (χ1n) is 5.28. The van der Waals surface area contributed by atoms with Crippen LogP contribution in [0.5, 0.6) is 0 Å². The van der Waals surface area contributed by atoms with Crippen molar-refractivity contribution in [3.05, 3.63) is 35.4 Å². The summed E-state index contributed by atoms with van der Waals surface area (Å²) in [6.45, 7) is 0. The summed E-state index contributed by atoms with van der Waals surface area (Å²) in [5, 5.41) is 0. The summed E-state index contributed by atoms with van der Waals surface area (Å²) in [5.74, 6) is -3.09. The summed E-state index contributed by atoms with van der Waals surface area (Å²) >= 11 is 0.692. The summed E-state index contributed by atoms with van der Waals surface area (Å²) in [6.07, 6.45) is 0. The van der Waals surface area contributed by atoms with Crippen LogP contribution in [0.25, 0.3) is 0 Å². The lowest BCUT2D eigenvalue weighted by Gasteiger charge is -2.10. The molecule has 0 aromatic heterocycles. The summed E-state index contributed by atoms with van der Waals surface area (Å²) in [5.41, 5.74) is 0.594. The largest absolute Gasteiger partial charge is 0.463 e. The molecule has 0 N–H and O–H groups in total. The maximum Gasteiger partial charge on any atom is 0.375 e. The molecule has 0 spiro atoms. The molecule has 0 bridgehead atoms. The minimum atomic E-state index is -0.996. The minimum absolute atomic E-state index is 0.297. The van der Waals surface area contributed by atoms with Crippen molar-refractivity contribution in [3.8, 4) is 0 Å². The highest BCUT2D eigenvalue weighted by molar-refractivity contribution is 7.98. The second-order valence-electron chi connectivity index (χ2n) is 3.64. The van der Waals surface area contributed by atoms with Crippen LogP contribution in [0.4, 0.5) is 0 Å². The predicted molar refractivity (Wildman–Crippen MR) is 66.4 cm³/mol. The molecule has 1 aliphatic rings. The number of carbonyl (C=O) groups is 4. The van der Waals surface area contributed by atoms with Gasteiger partial charge in [-0.2, -0.15) is 0 Å². The molecule has 0 saturated carbocycles. The van der Waals surface area contributed by atoms with Gasteiger partial charge in [0, 0.05) is 0 Å². The Balaban J connectivity index is 2.09. The molecule has 2 amide bonds. The van der Waals surface area contributed by atoms with Crippen molar-refractivity contribution in [2.75, 3.05) is 12.9 Å². The second kappa shape index (κ2) is 5.23. The topological polar surface area (TPSA) is 80.8 Å². The maximum atomic E-state index is 11.9. The number of amides is 2. The van der Waals surface area contributed by atoms with Gasteiger partial charge in [-0.25, -0.2) is 9.10 Å². The number of ketones is 1. The number of methoxy groups -OCH3 is 1. The Morgan fingerprint density at radius 1 is 1.16 bits per heavy atom. The zero-order valence-corrected chi connectivity index (χ0v) is 10.7. The fourth-order valence-electron chi connectivity index (χ4n) is 1.58. The van der Waals surface area contributed by atoms with Gasteiger partial charge in [-0.05, 0) is 24.1 Å². The van der Waals surface area contributed by atoms with E-state index in [4.69, 9.17) is 0 Å². The monoisotopic (exact) mass is 279 g/mol. The van der Waals surface area contributed by atoms with E-state index in [1.807, 2.05) is 0 Å². The van der Waals surface area contributed by atoms with Crippen molar-refractivity contribution < 1.29 is 23.9 Å². The van der Waals surface area contributed by atoms with Crippen molar-refractivity contribution in [3.63, 3.8) is 0 Å². The van der Waals surface area contributed by atoms with E-state index in [1.54, 1.807) is 12.1 Å². The Labute approximate surface area is 112 Å². The maximum absolute atomic E-state index is 11.9.